The predicted molar refractivity (Wildman–Crippen MR) is 79.2 cm³/mol. The highest BCUT2D eigenvalue weighted by atomic mass is 35.5. The highest BCUT2D eigenvalue weighted by molar-refractivity contribution is 6.43. The molecule has 1 aromatic carbocycles. The Hall–Kier alpha value is -1.23. The molecule has 0 saturated heterocycles. The number of halogens is 2. The van der Waals surface area contributed by atoms with Crippen LogP contribution >= 0.6 is 23.2 Å². The van der Waals surface area contributed by atoms with Crippen LogP contribution in [0.1, 0.15) is 36.4 Å². The molecule has 0 radical (unpaired) electrons. The maximum absolute atomic E-state index is 10.1. The number of phenols is 1. The Balaban J connectivity index is 2.14. The van der Waals surface area contributed by atoms with Gasteiger partial charge in [0.2, 0.25) is 0 Å². The van der Waals surface area contributed by atoms with Crippen LogP contribution in [0.5, 0.6) is 5.75 Å². The van der Waals surface area contributed by atoms with Gasteiger partial charge in [-0.3, -0.25) is 0 Å². The summed E-state index contributed by atoms with van der Waals surface area (Å²) in [5.41, 5.74) is 1.56. The van der Waals surface area contributed by atoms with Gasteiger partial charge in [0.05, 0.1) is 17.3 Å². The van der Waals surface area contributed by atoms with Crippen LogP contribution in [-0.2, 0) is 6.54 Å². The van der Waals surface area contributed by atoms with E-state index in [9.17, 15) is 5.11 Å². The minimum atomic E-state index is -0.0461. The summed E-state index contributed by atoms with van der Waals surface area (Å²) in [6, 6.07) is 5.28. The Bertz CT molecular complexity index is 599. The number of nitrogens with one attached hydrogen (secondary N) is 1. The zero-order chi connectivity index (χ0) is 14.7. The lowest BCUT2D eigenvalue weighted by atomic mass is 10.0. The Morgan fingerprint density at radius 3 is 2.75 bits per heavy atom. The minimum Gasteiger partial charge on any atom is -0.506 e. The molecule has 0 amide bonds. The second-order valence-corrected chi connectivity index (χ2v) is 5.36. The lowest BCUT2D eigenvalue weighted by molar-refractivity contribution is 0.356. The van der Waals surface area contributed by atoms with Gasteiger partial charge < -0.3 is 14.9 Å². The molecular weight excluding hydrogens is 299 g/mol. The van der Waals surface area contributed by atoms with E-state index in [4.69, 9.17) is 27.7 Å². The Kier molecular flexibility index (Phi) is 4.91. The molecule has 0 saturated carbocycles. The predicted octanol–water partition coefficient (Wildman–Crippen LogP) is 4.24. The first-order valence-corrected chi connectivity index (χ1v) is 7.11. The van der Waals surface area contributed by atoms with Crippen molar-refractivity contribution in [3.63, 3.8) is 0 Å². The van der Waals surface area contributed by atoms with Crippen molar-refractivity contribution in [3.05, 3.63) is 45.3 Å². The molecule has 2 rings (SSSR count). The summed E-state index contributed by atoms with van der Waals surface area (Å²) in [6.07, 6.45) is 0.790. The van der Waals surface area contributed by atoms with E-state index in [1.165, 1.54) is 0 Å². The number of aromatic hydroxyl groups is 1. The normalized spacial score (nSPS) is 12.6. The molecule has 0 aliphatic heterocycles. The van der Waals surface area contributed by atoms with Gasteiger partial charge in [-0.15, -0.1) is 0 Å². The standard InChI is InChI=1S/C14H16Cl2N2O2/c1-3-12(17-7-9-6-8(2)18-20-9)10-4-5-11(15)13(16)14(10)19/h4-6,12,17,19H,3,7H2,1-2H3/t12-/m0/s1. The lowest BCUT2D eigenvalue weighted by Crippen LogP contribution is -2.20. The fourth-order valence-electron chi connectivity index (χ4n) is 2.03. The van der Waals surface area contributed by atoms with Crippen LogP contribution in [0.25, 0.3) is 0 Å². The van der Waals surface area contributed by atoms with Crippen molar-refractivity contribution in [3.8, 4) is 5.75 Å². The van der Waals surface area contributed by atoms with Gasteiger partial charge in [-0.2, -0.15) is 0 Å². The van der Waals surface area contributed by atoms with E-state index in [-0.39, 0.29) is 16.8 Å². The van der Waals surface area contributed by atoms with Crippen molar-refractivity contribution < 1.29 is 9.63 Å². The van der Waals surface area contributed by atoms with E-state index in [1.54, 1.807) is 12.1 Å². The van der Waals surface area contributed by atoms with E-state index >= 15 is 0 Å². The highest BCUT2D eigenvalue weighted by Gasteiger charge is 2.17. The number of phenolic OH excluding ortho intramolecular Hbond substituents is 1. The quantitative estimate of drug-likeness (QED) is 0.866. The molecule has 1 heterocycles. The molecule has 6 heteroatoms. The summed E-state index contributed by atoms with van der Waals surface area (Å²) >= 11 is 11.8. The minimum absolute atomic E-state index is 0.0206. The molecule has 0 bridgehead atoms. The molecule has 1 aromatic heterocycles. The molecule has 0 aliphatic rings. The highest BCUT2D eigenvalue weighted by Crippen LogP contribution is 2.37. The number of benzene rings is 1. The van der Waals surface area contributed by atoms with Gasteiger partial charge in [0.1, 0.15) is 10.8 Å². The van der Waals surface area contributed by atoms with Crippen molar-refractivity contribution in [2.24, 2.45) is 0 Å². The van der Waals surface area contributed by atoms with Gasteiger partial charge in [-0.1, -0.05) is 41.3 Å². The molecule has 0 spiro atoms. The van der Waals surface area contributed by atoms with Gasteiger partial charge in [0.15, 0.2) is 5.76 Å². The number of hydrogen-bond acceptors (Lipinski definition) is 4. The topological polar surface area (TPSA) is 58.3 Å². The molecule has 20 heavy (non-hydrogen) atoms. The van der Waals surface area contributed by atoms with Crippen molar-refractivity contribution in [1.29, 1.82) is 0 Å². The van der Waals surface area contributed by atoms with Crippen LogP contribution in [-0.4, -0.2) is 10.3 Å². The van der Waals surface area contributed by atoms with E-state index in [0.717, 1.165) is 23.4 Å². The monoisotopic (exact) mass is 314 g/mol. The van der Waals surface area contributed by atoms with Gasteiger partial charge in [-0.05, 0) is 19.4 Å². The van der Waals surface area contributed by atoms with Crippen LogP contribution in [0, 0.1) is 6.92 Å². The van der Waals surface area contributed by atoms with E-state index < -0.39 is 0 Å². The average molecular weight is 315 g/mol. The third kappa shape index (κ3) is 3.26. The van der Waals surface area contributed by atoms with Gasteiger partial charge in [0, 0.05) is 17.7 Å². The number of nitrogens with zero attached hydrogens (tertiary/aromatic N) is 1. The summed E-state index contributed by atoms with van der Waals surface area (Å²) in [4.78, 5) is 0. The van der Waals surface area contributed by atoms with Crippen LogP contribution < -0.4 is 5.32 Å². The van der Waals surface area contributed by atoms with Crippen LogP contribution in [0.2, 0.25) is 10.0 Å². The summed E-state index contributed by atoms with van der Waals surface area (Å²) in [7, 11) is 0. The Morgan fingerprint density at radius 2 is 2.15 bits per heavy atom. The SMILES string of the molecule is CC[C@H](NCc1cc(C)no1)c1ccc(Cl)c(Cl)c1O. The number of hydrogen-bond donors (Lipinski definition) is 2. The maximum atomic E-state index is 10.1. The fraction of sp³-hybridized carbons (Fsp3) is 0.357. The number of rotatable bonds is 5. The van der Waals surface area contributed by atoms with Crippen molar-refractivity contribution in [1.82, 2.24) is 10.5 Å². The molecule has 108 valence electrons. The largest absolute Gasteiger partial charge is 0.506 e. The maximum Gasteiger partial charge on any atom is 0.150 e. The summed E-state index contributed by atoms with van der Waals surface area (Å²) in [6.45, 7) is 4.42. The Labute approximate surface area is 127 Å². The second-order valence-electron chi connectivity index (χ2n) is 4.58. The Morgan fingerprint density at radius 1 is 1.40 bits per heavy atom. The van der Waals surface area contributed by atoms with Gasteiger partial charge in [0.25, 0.3) is 0 Å². The molecule has 0 fully saturated rings. The van der Waals surface area contributed by atoms with E-state index in [1.807, 2.05) is 19.9 Å². The van der Waals surface area contributed by atoms with Gasteiger partial charge >= 0.3 is 0 Å². The smallest absolute Gasteiger partial charge is 0.150 e. The number of aryl methyl sites for hydroxylation is 1. The van der Waals surface area contributed by atoms with Gasteiger partial charge in [-0.25, -0.2) is 0 Å². The van der Waals surface area contributed by atoms with Crippen LogP contribution in [0.3, 0.4) is 0 Å². The van der Waals surface area contributed by atoms with Crippen LogP contribution in [0.15, 0.2) is 22.7 Å². The van der Waals surface area contributed by atoms with E-state index in [2.05, 4.69) is 10.5 Å². The zero-order valence-corrected chi connectivity index (χ0v) is 12.8. The first kappa shape index (κ1) is 15.2. The van der Waals surface area contributed by atoms with Crippen molar-refractivity contribution in [2.45, 2.75) is 32.9 Å². The third-order valence-electron chi connectivity index (χ3n) is 3.08. The lowest BCUT2D eigenvalue weighted by Gasteiger charge is -2.18. The molecular formula is C14H16Cl2N2O2. The molecule has 2 N–H and O–H groups in total. The van der Waals surface area contributed by atoms with Crippen LogP contribution in [0.4, 0.5) is 0 Å². The number of aromatic nitrogens is 1. The zero-order valence-electron chi connectivity index (χ0n) is 11.3. The van der Waals surface area contributed by atoms with E-state index in [0.29, 0.717) is 11.6 Å². The fourth-order valence-corrected chi connectivity index (χ4v) is 2.36. The summed E-state index contributed by atoms with van der Waals surface area (Å²) < 4.78 is 5.15. The molecule has 4 nitrogen and oxygen atoms in total. The molecule has 0 aliphatic carbocycles. The second kappa shape index (κ2) is 6.48. The van der Waals surface area contributed by atoms with Crippen molar-refractivity contribution in [2.75, 3.05) is 0 Å². The first-order valence-electron chi connectivity index (χ1n) is 6.35. The molecule has 2 aromatic rings. The third-order valence-corrected chi connectivity index (χ3v) is 3.88. The first-order chi connectivity index (χ1) is 9.52. The van der Waals surface area contributed by atoms with Crippen molar-refractivity contribution >= 4 is 23.2 Å². The molecule has 0 unspecified atom stereocenters. The average Bonchev–Trinajstić information content (AvgIpc) is 2.84. The summed E-state index contributed by atoms with van der Waals surface area (Å²) in [5, 5.41) is 17.8. The summed E-state index contributed by atoms with van der Waals surface area (Å²) in [5.74, 6) is 0.771. The molecule has 1 atom stereocenters.